The summed E-state index contributed by atoms with van der Waals surface area (Å²) in [6, 6.07) is 7.49. The highest BCUT2D eigenvalue weighted by atomic mass is 16.5. The lowest BCUT2D eigenvalue weighted by Gasteiger charge is -2.36. The lowest BCUT2D eigenvalue weighted by molar-refractivity contribution is -0.0503. The van der Waals surface area contributed by atoms with E-state index >= 15 is 0 Å². The Hall–Kier alpha value is -2.51. The highest BCUT2D eigenvalue weighted by Gasteiger charge is 2.42. The average molecular weight is 354 g/mol. The quantitative estimate of drug-likeness (QED) is 0.803. The molecule has 2 aliphatic heterocycles. The zero-order valence-electron chi connectivity index (χ0n) is 14.7. The fourth-order valence-electron chi connectivity index (χ4n) is 3.77. The number of aromatic nitrogens is 2. The van der Waals surface area contributed by atoms with E-state index in [0.29, 0.717) is 19.7 Å². The van der Waals surface area contributed by atoms with Crippen LogP contribution in [-0.2, 0) is 18.3 Å². The molecule has 136 valence electrons. The van der Waals surface area contributed by atoms with Gasteiger partial charge in [-0.15, -0.1) is 0 Å². The molecule has 2 aromatic heterocycles. The van der Waals surface area contributed by atoms with Crippen LogP contribution in [0.25, 0.3) is 0 Å². The largest absolute Gasteiger partial charge is 0.373 e. The molecule has 4 rings (SSSR count). The highest BCUT2D eigenvalue weighted by molar-refractivity contribution is 5.94. The van der Waals surface area contributed by atoms with Crippen LogP contribution in [0.1, 0.15) is 15.9 Å². The predicted molar refractivity (Wildman–Crippen MR) is 95.8 cm³/mol. The van der Waals surface area contributed by atoms with Crippen LogP contribution in [0.4, 0.5) is 0 Å². The number of carbonyl (C=O) groups is 1. The molecule has 2 aliphatic rings. The fraction of sp³-hybridized carbons (Fsp3) is 0.421. The molecule has 1 amide bonds. The van der Waals surface area contributed by atoms with Gasteiger partial charge in [0, 0.05) is 51.8 Å². The first-order valence-corrected chi connectivity index (χ1v) is 8.83. The third kappa shape index (κ3) is 3.15. The molecule has 0 bridgehead atoms. The van der Waals surface area contributed by atoms with Gasteiger partial charge in [0.25, 0.3) is 11.5 Å². The van der Waals surface area contributed by atoms with Gasteiger partial charge < -0.3 is 14.2 Å². The van der Waals surface area contributed by atoms with Crippen molar-refractivity contribution in [2.24, 2.45) is 7.05 Å². The van der Waals surface area contributed by atoms with Crippen LogP contribution in [-0.4, -0.2) is 63.6 Å². The minimum absolute atomic E-state index is 0.0119. The van der Waals surface area contributed by atoms with Crippen molar-refractivity contribution in [2.75, 3.05) is 26.2 Å². The van der Waals surface area contributed by atoms with Gasteiger partial charge in [0.15, 0.2) is 0 Å². The molecule has 2 saturated heterocycles. The summed E-state index contributed by atoms with van der Waals surface area (Å²) < 4.78 is 7.34. The number of pyridine rings is 2. The molecule has 2 aromatic rings. The first-order valence-electron chi connectivity index (χ1n) is 8.83. The van der Waals surface area contributed by atoms with Crippen LogP contribution < -0.4 is 5.56 Å². The smallest absolute Gasteiger partial charge is 0.263 e. The number of aryl methyl sites for hydroxylation is 1. The van der Waals surface area contributed by atoms with Crippen molar-refractivity contribution >= 4 is 5.91 Å². The molecule has 0 spiro atoms. The normalized spacial score (nSPS) is 23.0. The predicted octanol–water partition coefficient (Wildman–Crippen LogP) is 0.506. The molecule has 26 heavy (non-hydrogen) atoms. The summed E-state index contributed by atoms with van der Waals surface area (Å²) in [6.45, 7) is 3.39. The molecule has 0 aromatic carbocycles. The molecular weight excluding hydrogens is 332 g/mol. The van der Waals surface area contributed by atoms with E-state index < -0.39 is 0 Å². The van der Waals surface area contributed by atoms with Crippen LogP contribution in [0, 0.1) is 0 Å². The summed E-state index contributed by atoms with van der Waals surface area (Å²) in [5.41, 5.74) is 1.15. The summed E-state index contributed by atoms with van der Waals surface area (Å²) in [7, 11) is 1.66. The van der Waals surface area contributed by atoms with E-state index in [9.17, 15) is 9.59 Å². The second kappa shape index (κ2) is 7.01. The number of likely N-dealkylation sites (tertiary alicyclic amines) is 1. The summed E-state index contributed by atoms with van der Waals surface area (Å²) in [5.74, 6) is -0.215. The maximum atomic E-state index is 12.9. The van der Waals surface area contributed by atoms with Gasteiger partial charge in [0.05, 0.1) is 18.8 Å². The molecule has 0 aliphatic carbocycles. The lowest BCUT2D eigenvalue weighted by Crippen LogP contribution is -2.50. The van der Waals surface area contributed by atoms with Gasteiger partial charge in [-0.25, -0.2) is 0 Å². The Morgan fingerprint density at radius 3 is 2.88 bits per heavy atom. The number of hydrogen-bond acceptors (Lipinski definition) is 5. The summed E-state index contributed by atoms with van der Waals surface area (Å²) in [5, 5.41) is 0. The minimum Gasteiger partial charge on any atom is -0.373 e. The van der Waals surface area contributed by atoms with E-state index in [4.69, 9.17) is 4.74 Å². The van der Waals surface area contributed by atoms with Crippen LogP contribution >= 0.6 is 0 Å². The van der Waals surface area contributed by atoms with Crippen LogP contribution in [0.5, 0.6) is 0 Å². The Balaban J connectivity index is 1.51. The third-order valence-corrected chi connectivity index (χ3v) is 5.19. The molecule has 0 saturated carbocycles. The van der Waals surface area contributed by atoms with Gasteiger partial charge >= 0.3 is 0 Å². The molecule has 4 heterocycles. The summed E-state index contributed by atoms with van der Waals surface area (Å²) in [4.78, 5) is 33.3. The van der Waals surface area contributed by atoms with Crippen molar-refractivity contribution < 1.29 is 9.53 Å². The monoisotopic (exact) mass is 354 g/mol. The van der Waals surface area contributed by atoms with Crippen molar-refractivity contribution in [2.45, 2.75) is 18.7 Å². The van der Waals surface area contributed by atoms with Crippen molar-refractivity contribution in [1.82, 2.24) is 19.4 Å². The Labute approximate surface area is 151 Å². The third-order valence-electron chi connectivity index (χ3n) is 5.19. The Morgan fingerprint density at radius 2 is 2.08 bits per heavy atom. The van der Waals surface area contributed by atoms with Gasteiger partial charge in [0.1, 0.15) is 5.56 Å². The van der Waals surface area contributed by atoms with Crippen molar-refractivity contribution in [3.8, 4) is 0 Å². The molecule has 0 radical (unpaired) electrons. The number of carbonyl (C=O) groups excluding carboxylic acids is 1. The highest BCUT2D eigenvalue weighted by Crippen LogP contribution is 2.25. The van der Waals surface area contributed by atoms with E-state index in [1.165, 1.54) is 10.1 Å². The maximum Gasteiger partial charge on any atom is 0.263 e. The average Bonchev–Trinajstić information content (AvgIpc) is 3.10. The van der Waals surface area contributed by atoms with E-state index in [0.717, 1.165) is 13.1 Å². The Bertz CT molecular complexity index is 851. The lowest BCUT2D eigenvalue weighted by atomic mass is 10.1. The van der Waals surface area contributed by atoms with Gasteiger partial charge in [0.2, 0.25) is 0 Å². The molecule has 7 heteroatoms. The number of hydrogen-bond donors (Lipinski definition) is 0. The van der Waals surface area contributed by atoms with Crippen LogP contribution in [0.15, 0.2) is 47.7 Å². The maximum absolute atomic E-state index is 12.9. The van der Waals surface area contributed by atoms with E-state index in [2.05, 4.69) is 9.88 Å². The van der Waals surface area contributed by atoms with Crippen LogP contribution in [0.2, 0.25) is 0 Å². The molecule has 0 N–H and O–H groups in total. The van der Waals surface area contributed by atoms with Gasteiger partial charge in [-0.2, -0.15) is 0 Å². The van der Waals surface area contributed by atoms with Gasteiger partial charge in [-0.05, 0) is 29.8 Å². The second-order valence-corrected chi connectivity index (χ2v) is 6.85. The van der Waals surface area contributed by atoms with E-state index in [1.54, 1.807) is 42.7 Å². The van der Waals surface area contributed by atoms with Crippen molar-refractivity contribution in [3.63, 3.8) is 0 Å². The number of ether oxygens (including phenoxy) is 1. The molecular formula is C19H22N4O3. The number of fused-ring (bicyclic) bond motifs is 1. The zero-order valence-corrected chi connectivity index (χ0v) is 14.7. The van der Waals surface area contributed by atoms with E-state index in [1.807, 2.05) is 12.1 Å². The fourth-order valence-corrected chi connectivity index (χ4v) is 3.77. The molecule has 2 unspecified atom stereocenters. The first-order chi connectivity index (χ1) is 12.6. The minimum atomic E-state index is -0.262. The topological polar surface area (TPSA) is 67.7 Å². The SMILES string of the molecule is Cn1cccc(C(=O)N2CC3OCCN(Cc4ccncc4)C3C2)c1=O. The number of nitrogens with zero attached hydrogens (tertiary/aromatic N) is 4. The number of morpholine rings is 1. The van der Waals surface area contributed by atoms with Crippen LogP contribution in [0.3, 0.4) is 0 Å². The Kier molecular flexibility index (Phi) is 4.57. The standard InChI is InChI=1S/C19H22N4O3/c1-21-8-2-3-15(18(21)24)19(25)23-12-16-17(13-23)26-10-9-22(16)11-14-4-6-20-7-5-14/h2-8,16-17H,9-13H2,1H3. The number of rotatable bonds is 3. The number of amides is 1. The molecule has 7 nitrogen and oxygen atoms in total. The van der Waals surface area contributed by atoms with Crippen molar-refractivity contribution in [3.05, 3.63) is 64.3 Å². The first kappa shape index (κ1) is 16.9. The van der Waals surface area contributed by atoms with Gasteiger partial charge in [-0.3, -0.25) is 19.5 Å². The summed E-state index contributed by atoms with van der Waals surface area (Å²) >= 11 is 0. The second-order valence-electron chi connectivity index (χ2n) is 6.85. The zero-order chi connectivity index (χ0) is 18.1. The molecule has 2 atom stereocenters. The van der Waals surface area contributed by atoms with Gasteiger partial charge in [-0.1, -0.05) is 0 Å². The Morgan fingerprint density at radius 1 is 1.27 bits per heavy atom. The molecule has 2 fully saturated rings. The van der Waals surface area contributed by atoms with E-state index in [-0.39, 0.29) is 29.2 Å². The summed E-state index contributed by atoms with van der Waals surface area (Å²) in [6.07, 6.45) is 5.23. The van der Waals surface area contributed by atoms with Crippen molar-refractivity contribution in [1.29, 1.82) is 0 Å².